The van der Waals surface area contributed by atoms with Gasteiger partial charge in [0.25, 0.3) is 0 Å². The fraction of sp³-hybridized carbons (Fsp3) is 0.250. The number of hydrogen-bond acceptors (Lipinski definition) is 3. The SMILES string of the molecule is COc1ccc(C2C=C(c3ccc(Br)cc3)OC(=O)C2(C)C)cc1. The minimum Gasteiger partial charge on any atom is -0.497 e. The molecule has 1 aliphatic rings. The molecule has 3 rings (SSSR count). The first-order valence-electron chi connectivity index (χ1n) is 7.76. The maximum atomic E-state index is 12.6. The van der Waals surface area contributed by atoms with Crippen LogP contribution < -0.4 is 4.74 Å². The van der Waals surface area contributed by atoms with Gasteiger partial charge in [-0.05, 0) is 49.8 Å². The van der Waals surface area contributed by atoms with Crippen LogP contribution in [-0.2, 0) is 9.53 Å². The molecule has 2 aromatic carbocycles. The molecule has 0 spiro atoms. The van der Waals surface area contributed by atoms with Crippen LogP contribution in [0.1, 0.15) is 30.9 Å². The fourth-order valence-corrected chi connectivity index (χ4v) is 3.11. The highest BCUT2D eigenvalue weighted by Crippen LogP contribution is 2.44. The van der Waals surface area contributed by atoms with Gasteiger partial charge in [0, 0.05) is 16.0 Å². The lowest BCUT2D eigenvalue weighted by Crippen LogP contribution is -2.35. The Morgan fingerprint density at radius 3 is 2.25 bits per heavy atom. The highest BCUT2D eigenvalue weighted by molar-refractivity contribution is 9.10. The Labute approximate surface area is 150 Å². The highest BCUT2D eigenvalue weighted by Gasteiger charge is 2.42. The summed E-state index contributed by atoms with van der Waals surface area (Å²) in [5, 5.41) is 0. The molecule has 1 unspecified atom stereocenters. The van der Waals surface area contributed by atoms with Crippen LogP contribution in [0.4, 0.5) is 0 Å². The Morgan fingerprint density at radius 2 is 1.67 bits per heavy atom. The van der Waals surface area contributed by atoms with Crippen molar-refractivity contribution in [1.82, 2.24) is 0 Å². The molecule has 0 amide bonds. The standard InChI is InChI=1S/C20H19BrO3/c1-20(2)17(13-6-10-16(23-3)11-7-13)12-18(24-19(20)22)14-4-8-15(21)9-5-14/h4-12,17H,1-3H3. The van der Waals surface area contributed by atoms with E-state index in [0.29, 0.717) is 5.76 Å². The summed E-state index contributed by atoms with van der Waals surface area (Å²) >= 11 is 3.42. The second kappa shape index (κ2) is 6.44. The van der Waals surface area contributed by atoms with Crippen LogP contribution in [0.5, 0.6) is 5.75 Å². The average molecular weight is 387 g/mol. The van der Waals surface area contributed by atoms with E-state index in [1.807, 2.05) is 68.5 Å². The van der Waals surface area contributed by atoms with E-state index in [1.54, 1.807) is 7.11 Å². The number of cyclic esters (lactones) is 1. The lowest BCUT2D eigenvalue weighted by Gasteiger charge is -2.35. The van der Waals surface area contributed by atoms with Gasteiger partial charge in [-0.25, -0.2) is 0 Å². The maximum absolute atomic E-state index is 12.6. The van der Waals surface area contributed by atoms with E-state index in [2.05, 4.69) is 15.9 Å². The van der Waals surface area contributed by atoms with Crippen molar-refractivity contribution in [3.63, 3.8) is 0 Å². The Morgan fingerprint density at radius 1 is 1.04 bits per heavy atom. The van der Waals surface area contributed by atoms with Gasteiger partial charge in [-0.1, -0.05) is 40.2 Å². The van der Waals surface area contributed by atoms with E-state index in [4.69, 9.17) is 9.47 Å². The van der Waals surface area contributed by atoms with Gasteiger partial charge < -0.3 is 9.47 Å². The van der Waals surface area contributed by atoms with Crippen LogP contribution in [0, 0.1) is 5.41 Å². The summed E-state index contributed by atoms with van der Waals surface area (Å²) < 4.78 is 11.8. The molecular formula is C20H19BrO3. The number of allylic oxidation sites excluding steroid dienone is 1. The summed E-state index contributed by atoms with van der Waals surface area (Å²) in [7, 11) is 1.64. The summed E-state index contributed by atoms with van der Waals surface area (Å²) in [6.45, 7) is 3.83. The molecule has 0 radical (unpaired) electrons. The molecule has 4 heteroatoms. The normalized spacial score (nSPS) is 19.4. The highest BCUT2D eigenvalue weighted by atomic mass is 79.9. The molecule has 0 bridgehead atoms. The van der Waals surface area contributed by atoms with Gasteiger partial charge in [0.05, 0.1) is 12.5 Å². The van der Waals surface area contributed by atoms with E-state index >= 15 is 0 Å². The zero-order chi connectivity index (χ0) is 17.3. The predicted molar refractivity (Wildman–Crippen MR) is 97.7 cm³/mol. The van der Waals surface area contributed by atoms with Crippen LogP contribution in [0.15, 0.2) is 59.1 Å². The van der Waals surface area contributed by atoms with Crippen LogP contribution in [0.2, 0.25) is 0 Å². The van der Waals surface area contributed by atoms with E-state index < -0.39 is 5.41 Å². The van der Waals surface area contributed by atoms with Crippen molar-refractivity contribution in [3.05, 3.63) is 70.2 Å². The van der Waals surface area contributed by atoms with Crippen molar-refractivity contribution < 1.29 is 14.3 Å². The number of carbonyl (C=O) groups excluding carboxylic acids is 1. The minimum absolute atomic E-state index is 0.0664. The first-order chi connectivity index (χ1) is 11.4. The van der Waals surface area contributed by atoms with Crippen LogP contribution in [0.3, 0.4) is 0 Å². The summed E-state index contributed by atoms with van der Waals surface area (Å²) in [6.07, 6.45) is 2.03. The van der Waals surface area contributed by atoms with Gasteiger partial charge >= 0.3 is 5.97 Å². The number of halogens is 1. The number of benzene rings is 2. The van der Waals surface area contributed by atoms with Gasteiger partial charge in [-0.3, -0.25) is 4.79 Å². The van der Waals surface area contributed by atoms with Crippen molar-refractivity contribution in [3.8, 4) is 5.75 Å². The molecule has 2 aromatic rings. The zero-order valence-electron chi connectivity index (χ0n) is 13.9. The van der Waals surface area contributed by atoms with Gasteiger partial charge in [0.2, 0.25) is 0 Å². The molecule has 1 aliphatic heterocycles. The summed E-state index contributed by atoms with van der Waals surface area (Å²) in [5.74, 6) is 1.12. The molecule has 0 saturated heterocycles. The quantitative estimate of drug-likeness (QED) is 0.682. The Balaban J connectivity index is 2.04. The second-order valence-electron chi connectivity index (χ2n) is 6.40. The molecule has 0 aliphatic carbocycles. The maximum Gasteiger partial charge on any atom is 0.317 e. The van der Waals surface area contributed by atoms with Crippen molar-refractivity contribution in [2.45, 2.75) is 19.8 Å². The van der Waals surface area contributed by atoms with Gasteiger partial charge in [-0.2, -0.15) is 0 Å². The van der Waals surface area contributed by atoms with Crippen molar-refractivity contribution in [1.29, 1.82) is 0 Å². The smallest absolute Gasteiger partial charge is 0.317 e. The molecule has 24 heavy (non-hydrogen) atoms. The Hall–Kier alpha value is -2.07. The summed E-state index contributed by atoms with van der Waals surface area (Å²) in [4.78, 5) is 12.6. The summed E-state index contributed by atoms with van der Waals surface area (Å²) in [5.41, 5.74) is 1.32. The zero-order valence-corrected chi connectivity index (χ0v) is 15.5. The van der Waals surface area contributed by atoms with Crippen molar-refractivity contribution in [2.75, 3.05) is 7.11 Å². The average Bonchev–Trinajstić information content (AvgIpc) is 2.58. The predicted octanol–water partition coefficient (Wildman–Crippen LogP) is 5.17. The molecule has 0 aromatic heterocycles. The molecule has 1 heterocycles. The second-order valence-corrected chi connectivity index (χ2v) is 7.32. The molecule has 124 valence electrons. The molecule has 0 fully saturated rings. The van der Waals surface area contributed by atoms with E-state index in [-0.39, 0.29) is 11.9 Å². The minimum atomic E-state index is -0.631. The van der Waals surface area contributed by atoms with Gasteiger partial charge in [0.1, 0.15) is 11.5 Å². The molecule has 1 atom stereocenters. The van der Waals surface area contributed by atoms with E-state index in [1.165, 1.54) is 0 Å². The Bertz CT molecular complexity index is 774. The van der Waals surface area contributed by atoms with Crippen LogP contribution in [0.25, 0.3) is 5.76 Å². The lowest BCUT2D eigenvalue weighted by atomic mass is 9.73. The monoisotopic (exact) mass is 386 g/mol. The van der Waals surface area contributed by atoms with E-state index in [0.717, 1.165) is 21.3 Å². The van der Waals surface area contributed by atoms with Crippen molar-refractivity contribution >= 4 is 27.7 Å². The third kappa shape index (κ3) is 3.11. The third-order valence-electron chi connectivity index (χ3n) is 4.43. The summed E-state index contributed by atoms with van der Waals surface area (Å²) in [6, 6.07) is 15.6. The third-order valence-corrected chi connectivity index (χ3v) is 4.96. The number of rotatable bonds is 3. The molecule has 3 nitrogen and oxygen atoms in total. The number of carbonyl (C=O) groups is 1. The number of esters is 1. The molecular weight excluding hydrogens is 368 g/mol. The first-order valence-corrected chi connectivity index (χ1v) is 8.55. The van der Waals surface area contributed by atoms with Crippen LogP contribution >= 0.6 is 15.9 Å². The number of hydrogen-bond donors (Lipinski definition) is 0. The van der Waals surface area contributed by atoms with Crippen molar-refractivity contribution in [2.24, 2.45) is 5.41 Å². The first kappa shape index (κ1) is 16.8. The largest absolute Gasteiger partial charge is 0.497 e. The topological polar surface area (TPSA) is 35.5 Å². The number of methoxy groups -OCH3 is 1. The van der Waals surface area contributed by atoms with Gasteiger partial charge in [-0.15, -0.1) is 0 Å². The van der Waals surface area contributed by atoms with Gasteiger partial charge in [0.15, 0.2) is 0 Å². The van der Waals surface area contributed by atoms with Crippen LogP contribution in [-0.4, -0.2) is 13.1 Å². The van der Waals surface area contributed by atoms with E-state index in [9.17, 15) is 4.79 Å². The molecule has 0 N–H and O–H groups in total. The molecule has 0 saturated carbocycles. The fourth-order valence-electron chi connectivity index (χ4n) is 2.85. The Kier molecular flexibility index (Phi) is 4.50. The number of ether oxygens (including phenoxy) is 2. The lowest BCUT2D eigenvalue weighted by molar-refractivity contribution is -0.148.